The number of phosphoric acid groups is 3. The maximum Gasteiger partial charge on any atom is 0.466 e. The van der Waals surface area contributed by atoms with Crippen LogP contribution in [0.3, 0.4) is 0 Å². The van der Waals surface area contributed by atoms with E-state index in [0.29, 0.717) is 0 Å². The maximum atomic E-state index is 11.4. The number of carboxylic acids is 1. The Balaban J connectivity index is -0.000000489. The maximum absolute atomic E-state index is 11.4. The van der Waals surface area contributed by atoms with Gasteiger partial charge in [0.2, 0.25) is 0 Å². The third-order valence-electron chi connectivity index (χ3n) is 3.16. The second-order valence-corrected chi connectivity index (χ2v) is 9.86. The van der Waals surface area contributed by atoms with Crippen molar-refractivity contribution in [3.8, 4) is 0 Å². The first-order chi connectivity index (χ1) is 17.2. The number of rotatable bonds is 4. The number of nitrogens with zero attached hydrogens (tertiary/aromatic N) is 1. The van der Waals surface area contributed by atoms with Gasteiger partial charge in [-0.1, -0.05) is 0 Å². The average Bonchev–Trinajstić information content (AvgIpc) is 2.98. The molecule has 1 aromatic heterocycles. The minimum atomic E-state index is -4.64. The van der Waals surface area contributed by atoms with Gasteiger partial charge in [-0.05, 0) is 0 Å². The molecule has 0 radical (unpaired) electrons. The van der Waals surface area contributed by atoms with E-state index in [1.165, 1.54) is 0 Å². The summed E-state index contributed by atoms with van der Waals surface area (Å²) in [6.07, 6.45) is -3.58. The number of carbonyl (C=O) groups is 1. The van der Waals surface area contributed by atoms with E-state index >= 15 is 0 Å². The molecule has 0 aromatic carbocycles. The summed E-state index contributed by atoms with van der Waals surface area (Å²) >= 11 is 3.65. The Bertz CT molecular complexity index is 1040. The third-order valence-corrected chi connectivity index (χ3v) is 3.55. The molecule has 232 valence electrons. The van der Waals surface area contributed by atoms with Crippen LogP contribution in [-0.2, 0) is 23.2 Å². The van der Waals surface area contributed by atoms with Crippen molar-refractivity contribution in [1.82, 2.24) is 9.55 Å². The topological polar surface area (TPSA) is 421 Å². The zero-order valence-corrected chi connectivity index (χ0v) is 22.5. The van der Waals surface area contributed by atoms with Crippen LogP contribution in [0.15, 0.2) is 21.9 Å². The summed E-state index contributed by atoms with van der Waals surface area (Å²) in [7, 11) is -13.9. The van der Waals surface area contributed by atoms with Crippen LogP contribution < -0.4 is 17.0 Å². The van der Waals surface area contributed by atoms with E-state index in [1.54, 1.807) is 0 Å². The molecule has 1 aliphatic rings. The fourth-order valence-electron chi connectivity index (χ4n) is 1.82. The van der Waals surface area contributed by atoms with Crippen LogP contribution in [0.5, 0.6) is 0 Å². The first-order valence-corrected chi connectivity index (χ1v) is 14.4. The van der Waals surface area contributed by atoms with Gasteiger partial charge < -0.3 is 74.9 Å². The van der Waals surface area contributed by atoms with Gasteiger partial charge in [-0.25, -0.2) is 18.5 Å². The molecule has 1 fully saturated rings. The van der Waals surface area contributed by atoms with Crippen molar-refractivity contribution in [2.24, 2.45) is 5.73 Å². The standard InChI is InChI=1S/C9H12N2O6.C3H7NO2S.3H3O4P/c12-3-4-6(14)7(15)8(17-4)11-2-1-5(13)10-9(11)16;4-2(1-7)3(5)6;3*1-5(2,3)4/h1-2,4,6-8,12,14-15H,3H2,(H,10,13,16);2,7H,1,4H2,(H,5,6);3*(H3,1,2,3,4)/t4-,6-,7-,8-;;;;/m1..../s1. The highest BCUT2D eigenvalue weighted by Crippen LogP contribution is 2.28. The third kappa shape index (κ3) is 28.0. The van der Waals surface area contributed by atoms with Crippen molar-refractivity contribution in [2.45, 2.75) is 30.6 Å². The number of aromatic amines is 1. The lowest BCUT2D eigenvalue weighted by atomic mass is 10.1. The lowest BCUT2D eigenvalue weighted by Crippen LogP contribution is -2.37. The first kappa shape index (κ1) is 42.1. The lowest BCUT2D eigenvalue weighted by Gasteiger charge is -2.16. The van der Waals surface area contributed by atoms with Crippen LogP contribution in [0.4, 0.5) is 0 Å². The number of ether oxygens (including phenoxy) is 1. The highest BCUT2D eigenvalue weighted by Gasteiger charge is 2.43. The molecule has 0 spiro atoms. The fourth-order valence-corrected chi connectivity index (χ4v) is 1.97. The van der Waals surface area contributed by atoms with Gasteiger partial charge >= 0.3 is 35.1 Å². The molecule has 1 unspecified atom stereocenters. The number of hydrogen-bond donors (Lipinski definition) is 16. The molecule has 23 nitrogen and oxygen atoms in total. The molecule has 1 aliphatic heterocycles. The van der Waals surface area contributed by atoms with Crippen molar-refractivity contribution >= 4 is 42.1 Å². The van der Waals surface area contributed by atoms with Crippen LogP contribution in [0.1, 0.15) is 6.23 Å². The van der Waals surface area contributed by atoms with Crippen molar-refractivity contribution in [3.63, 3.8) is 0 Å². The SMILES string of the molecule is NC(CS)C(=O)O.O=P(O)(O)O.O=P(O)(O)O.O=P(O)(O)O.O=c1ccn([C@@H]2O[C@H](CO)[C@@H](O)[C@H]2O)c(=O)[nH]1. The fraction of sp³-hybridized carbons (Fsp3) is 0.583. The summed E-state index contributed by atoms with van der Waals surface area (Å²) in [5, 5.41) is 36.1. The van der Waals surface area contributed by atoms with Gasteiger partial charge in [-0.15, -0.1) is 0 Å². The van der Waals surface area contributed by atoms with Crippen LogP contribution in [0.2, 0.25) is 0 Å². The molecule has 1 saturated heterocycles. The summed E-state index contributed by atoms with van der Waals surface area (Å²) in [6, 6.07) is 0.277. The van der Waals surface area contributed by atoms with Crippen LogP contribution in [0.25, 0.3) is 0 Å². The number of aliphatic hydroxyl groups excluding tert-OH is 3. The summed E-state index contributed by atoms with van der Waals surface area (Å²) in [6.45, 7) is -0.479. The number of nitrogens with one attached hydrogen (secondary N) is 1. The predicted molar refractivity (Wildman–Crippen MR) is 127 cm³/mol. The molecule has 0 amide bonds. The number of H-pyrrole nitrogens is 1. The molecule has 2 rings (SSSR count). The molecule has 16 N–H and O–H groups in total. The molecular formula is C12H28N3O20P3S. The van der Waals surface area contributed by atoms with E-state index in [9.17, 15) is 24.6 Å². The van der Waals surface area contributed by atoms with Crippen molar-refractivity contribution in [1.29, 1.82) is 0 Å². The van der Waals surface area contributed by atoms with E-state index in [0.717, 1.165) is 16.8 Å². The number of aliphatic hydroxyl groups is 3. The smallest absolute Gasteiger partial charge is 0.466 e. The predicted octanol–water partition coefficient (Wildman–Crippen LogP) is -6.31. The van der Waals surface area contributed by atoms with Gasteiger partial charge in [0.15, 0.2) is 6.23 Å². The Kier molecular flexibility index (Phi) is 20.4. The molecular weight excluding hydrogens is 631 g/mol. The molecule has 0 saturated carbocycles. The molecule has 5 atom stereocenters. The minimum Gasteiger partial charge on any atom is -0.480 e. The molecule has 1 aromatic rings. The Hall–Kier alpha value is -1.37. The first-order valence-electron chi connectivity index (χ1n) is 9.10. The van der Waals surface area contributed by atoms with Crippen molar-refractivity contribution in [3.05, 3.63) is 33.1 Å². The molecule has 2 heterocycles. The number of hydrogen-bond acceptors (Lipinski definition) is 12. The molecule has 39 heavy (non-hydrogen) atoms. The number of nitrogens with two attached hydrogens (primary N) is 1. The van der Waals surface area contributed by atoms with Gasteiger partial charge in [0, 0.05) is 18.0 Å². The second-order valence-electron chi connectivity index (χ2n) is 6.41. The molecule has 27 heteroatoms. The van der Waals surface area contributed by atoms with Crippen LogP contribution in [0, 0.1) is 0 Å². The average molecular weight is 659 g/mol. The van der Waals surface area contributed by atoms with E-state index in [1.807, 2.05) is 4.98 Å². The number of carboxylic acid groups (broad SMARTS) is 1. The van der Waals surface area contributed by atoms with Crippen molar-refractivity contribution < 1.29 is 87.7 Å². The summed E-state index contributed by atoms with van der Waals surface area (Å²) in [5.74, 6) is -0.815. The largest absolute Gasteiger partial charge is 0.480 e. The monoisotopic (exact) mass is 659 g/mol. The van der Waals surface area contributed by atoms with Crippen LogP contribution >= 0.6 is 36.1 Å². The number of thiol groups is 1. The van der Waals surface area contributed by atoms with Crippen LogP contribution in [-0.4, -0.2) is 117 Å². The minimum absolute atomic E-state index is 0.190. The van der Waals surface area contributed by atoms with Gasteiger partial charge in [0.05, 0.1) is 6.61 Å². The highest BCUT2D eigenvalue weighted by molar-refractivity contribution is 7.80. The quantitative estimate of drug-likeness (QED) is 0.105. The van der Waals surface area contributed by atoms with E-state index in [4.69, 9.17) is 78.4 Å². The Labute approximate surface area is 221 Å². The van der Waals surface area contributed by atoms with Gasteiger partial charge in [-0.2, -0.15) is 12.6 Å². The summed E-state index contributed by atoms with van der Waals surface area (Å²) in [4.78, 5) is 98.8. The normalized spacial score (nSPS) is 21.3. The van der Waals surface area contributed by atoms with E-state index < -0.39 is 77.9 Å². The summed E-state index contributed by atoms with van der Waals surface area (Å²) in [5.41, 5.74) is 3.61. The van der Waals surface area contributed by atoms with E-state index in [-0.39, 0.29) is 5.75 Å². The zero-order valence-electron chi connectivity index (χ0n) is 18.9. The second kappa shape index (κ2) is 18.9. The zero-order chi connectivity index (χ0) is 31.9. The lowest BCUT2D eigenvalue weighted by molar-refractivity contribution is -0.137. The summed E-state index contributed by atoms with van der Waals surface area (Å²) < 4.78 is 32.7. The Morgan fingerprint density at radius 3 is 1.59 bits per heavy atom. The van der Waals surface area contributed by atoms with Gasteiger partial charge in [0.25, 0.3) is 5.56 Å². The van der Waals surface area contributed by atoms with Crippen molar-refractivity contribution in [2.75, 3.05) is 12.4 Å². The Morgan fingerprint density at radius 2 is 1.36 bits per heavy atom. The van der Waals surface area contributed by atoms with E-state index in [2.05, 4.69) is 12.6 Å². The Morgan fingerprint density at radius 1 is 0.974 bits per heavy atom. The number of aromatic nitrogens is 2. The highest BCUT2D eigenvalue weighted by atomic mass is 32.1. The van der Waals surface area contributed by atoms with Gasteiger partial charge in [-0.3, -0.25) is 19.1 Å². The molecule has 0 aliphatic carbocycles. The van der Waals surface area contributed by atoms with Gasteiger partial charge in [0.1, 0.15) is 24.4 Å². The molecule has 0 bridgehead atoms. The number of aliphatic carboxylic acids is 1.